The molecule has 0 radical (unpaired) electrons. The highest BCUT2D eigenvalue weighted by molar-refractivity contribution is 7.89. The Morgan fingerprint density at radius 2 is 1.81 bits per heavy atom. The van der Waals surface area contributed by atoms with Crippen molar-refractivity contribution in [2.75, 3.05) is 31.1 Å². The quantitative estimate of drug-likeness (QED) is 0.756. The summed E-state index contributed by atoms with van der Waals surface area (Å²) in [5.74, 6) is 1.52. The number of rotatable bonds is 6. The lowest BCUT2D eigenvalue weighted by Crippen LogP contribution is -2.48. The molecule has 2 fully saturated rings. The van der Waals surface area contributed by atoms with Gasteiger partial charge in [-0.1, -0.05) is 25.5 Å². The van der Waals surface area contributed by atoms with Crippen LogP contribution in [0.25, 0.3) is 0 Å². The molecular formula is C18H24N4O2S2. The third-order valence-corrected chi connectivity index (χ3v) is 7.69. The first-order valence-electron chi connectivity index (χ1n) is 9.25. The van der Waals surface area contributed by atoms with Crippen LogP contribution in [0.2, 0.25) is 0 Å². The Hall–Kier alpha value is -1.51. The van der Waals surface area contributed by atoms with Crippen LogP contribution in [-0.4, -0.2) is 48.3 Å². The van der Waals surface area contributed by atoms with Crippen LogP contribution in [0.1, 0.15) is 43.5 Å². The lowest BCUT2D eigenvalue weighted by atomic mass is 10.1. The van der Waals surface area contributed by atoms with Gasteiger partial charge >= 0.3 is 0 Å². The molecule has 1 aliphatic heterocycles. The molecule has 1 saturated carbocycles. The Morgan fingerprint density at radius 3 is 2.42 bits per heavy atom. The summed E-state index contributed by atoms with van der Waals surface area (Å²) in [6.07, 6.45) is 4.42. The zero-order valence-electron chi connectivity index (χ0n) is 15.0. The standard InChI is InChI=1S/C18H24N4O2S2/c1-2-3-14-4-8-16(9-5-14)26(23,24)22-12-10-21(11-13-22)18-19-17(20-25-18)15-6-7-15/h4-5,8-9,15H,2-3,6-7,10-13H2,1H3. The van der Waals surface area contributed by atoms with Gasteiger partial charge in [0, 0.05) is 43.6 Å². The molecule has 4 rings (SSSR count). The van der Waals surface area contributed by atoms with Gasteiger partial charge in [-0.2, -0.15) is 8.68 Å². The minimum Gasteiger partial charge on any atom is -0.344 e. The van der Waals surface area contributed by atoms with Crippen LogP contribution in [0, 0.1) is 0 Å². The molecule has 26 heavy (non-hydrogen) atoms. The molecule has 2 aliphatic rings. The van der Waals surface area contributed by atoms with E-state index in [2.05, 4.69) is 21.2 Å². The van der Waals surface area contributed by atoms with E-state index in [1.165, 1.54) is 29.9 Å². The maximum Gasteiger partial charge on any atom is 0.243 e. The molecule has 2 heterocycles. The number of aryl methyl sites for hydroxylation is 1. The Kier molecular flexibility index (Phi) is 4.98. The number of piperazine rings is 1. The van der Waals surface area contributed by atoms with Gasteiger partial charge in [-0.3, -0.25) is 0 Å². The molecule has 140 valence electrons. The van der Waals surface area contributed by atoms with Crippen molar-refractivity contribution in [2.24, 2.45) is 0 Å². The molecule has 0 amide bonds. The molecule has 0 atom stereocenters. The maximum absolute atomic E-state index is 12.9. The Bertz CT molecular complexity index is 852. The maximum atomic E-state index is 12.9. The normalized spacial score (nSPS) is 19.0. The molecule has 0 bridgehead atoms. The third-order valence-electron chi connectivity index (χ3n) is 4.98. The average molecular weight is 393 g/mol. The van der Waals surface area contributed by atoms with Crippen LogP contribution in [0.3, 0.4) is 0 Å². The number of anilines is 1. The molecule has 0 unspecified atom stereocenters. The Balaban J connectivity index is 1.41. The van der Waals surface area contributed by atoms with Crippen LogP contribution in [0.4, 0.5) is 5.13 Å². The van der Waals surface area contributed by atoms with Crippen LogP contribution in [0.15, 0.2) is 29.2 Å². The van der Waals surface area contributed by atoms with E-state index in [1.807, 2.05) is 12.1 Å². The summed E-state index contributed by atoms with van der Waals surface area (Å²) < 4.78 is 31.8. The number of aromatic nitrogens is 2. The fourth-order valence-corrected chi connectivity index (χ4v) is 5.47. The fraction of sp³-hybridized carbons (Fsp3) is 0.556. The number of hydrogen-bond acceptors (Lipinski definition) is 6. The number of nitrogens with zero attached hydrogens (tertiary/aromatic N) is 4. The van der Waals surface area contributed by atoms with Crippen molar-refractivity contribution < 1.29 is 8.42 Å². The van der Waals surface area contributed by atoms with Gasteiger partial charge < -0.3 is 4.90 Å². The molecule has 8 heteroatoms. The van der Waals surface area contributed by atoms with E-state index >= 15 is 0 Å². The van der Waals surface area contributed by atoms with E-state index in [0.717, 1.165) is 23.8 Å². The van der Waals surface area contributed by atoms with E-state index in [4.69, 9.17) is 0 Å². The van der Waals surface area contributed by atoms with E-state index in [1.54, 1.807) is 16.4 Å². The Morgan fingerprint density at radius 1 is 1.12 bits per heavy atom. The van der Waals surface area contributed by atoms with Crippen molar-refractivity contribution in [3.63, 3.8) is 0 Å². The van der Waals surface area contributed by atoms with Gasteiger partial charge in [0.05, 0.1) is 4.90 Å². The molecule has 1 aromatic heterocycles. The minimum atomic E-state index is -3.42. The summed E-state index contributed by atoms with van der Waals surface area (Å²) in [6.45, 7) is 4.41. The van der Waals surface area contributed by atoms with Crippen molar-refractivity contribution in [1.82, 2.24) is 13.7 Å². The number of benzene rings is 1. The predicted octanol–water partition coefficient (Wildman–Crippen LogP) is 2.88. The summed E-state index contributed by atoms with van der Waals surface area (Å²) in [4.78, 5) is 7.17. The van der Waals surface area contributed by atoms with E-state index < -0.39 is 10.0 Å². The minimum absolute atomic E-state index is 0.387. The van der Waals surface area contributed by atoms with E-state index in [0.29, 0.717) is 37.0 Å². The van der Waals surface area contributed by atoms with E-state index in [9.17, 15) is 8.42 Å². The zero-order valence-corrected chi connectivity index (χ0v) is 16.6. The van der Waals surface area contributed by atoms with Crippen molar-refractivity contribution in [3.8, 4) is 0 Å². The molecule has 1 saturated heterocycles. The van der Waals surface area contributed by atoms with Crippen LogP contribution >= 0.6 is 11.5 Å². The SMILES string of the molecule is CCCc1ccc(S(=O)(=O)N2CCN(c3nc(C4CC4)ns3)CC2)cc1. The van der Waals surface area contributed by atoms with E-state index in [-0.39, 0.29) is 0 Å². The zero-order chi connectivity index (χ0) is 18.1. The first-order valence-corrected chi connectivity index (χ1v) is 11.5. The van der Waals surface area contributed by atoms with Gasteiger partial charge in [0.1, 0.15) is 5.82 Å². The van der Waals surface area contributed by atoms with Crippen LogP contribution < -0.4 is 4.90 Å². The first-order chi connectivity index (χ1) is 12.6. The molecule has 0 spiro atoms. The van der Waals surface area contributed by atoms with Gasteiger partial charge in [-0.25, -0.2) is 13.4 Å². The van der Waals surface area contributed by atoms with Crippen molar-refractivity contribution in [3.05, 3.63) is 35.7 Å². The number of sulfonamides is 1. The average Bonchev–Trinajstić information content (AvgIpc) is 3.39. The van der Waals surface area contributed by atoms with Crippen molar-refractivity contribution in [2.45, 2.75) is 43.4 Å². The predicted molar refractivity (Wildman–Crippen MR) is 103 cm³/mol. The monoisotopic (exact) mass is 392 g/mol. The summed E-state index contributed by atoms with van der Waals surface area (Å²) in [7, 11) is -3.42. The second kappa shape index (κ2) is 7.25. The second-order valence-corrected chi connectivity index (χ2v) is 9.66. The summed E-state index contributed by atoms with van der Waals surface area (Å²) in [5, 5.41) is 0.924. The third kappa shape index (κ3) is 3.63. The molecule has 2 aromatic rings. The Labute approximate surface area is 159 Å². The molecule has 1 aliphatic carbocycles. The van der Waals surface area contributed by atoms with Gasteiger partial charge in [-0.05, 0) is 37.0 Å². The summed E-state index contributed by atoms with van der Waals surface area (Å²) >= 11 is 1.43. The lowest BCUT2D eigenvalue weighted by molar-refractivity contribution is 0.384. The van der Waals surface area contributed by atoms with Crippen molar-refractivity contribution >= 4 is 26.7 Å². The highest BCUT2D eigenvalue weighted by atomic mass is 32.2. The van der Waals surface area contributed by atoms with Gasteiger partial charge in [0.25, 0.3) is 0 Å². The van der Waals surface area contributed by atoms with Crippen molar-refractivity contribution in [1.29, 1.82) is 0 Å². The largest absolute Gasteiger partial charge is 0.344 e. The second-order valence-electron chi connectivity index (χ2n) is 6.99. The smallest absolute Gasteiger partial charge is 0.243 e. The number of hydrogen-bond donors (Lipinski definition) is 0. The van der Waals surface area contributed by atoms with Gasteiger partial charge in [-0.15, -0.1) is 0 Å². The summed E-state index contributed by atoms with van der Waals surface area (Å²) in [6, 6.07) is 7.32. The highest BCUT2D eigenvalue weighted by Crippen LogP contribution is 2.39. The van der Waals surface area contributed by atoms with Crippen LogP contribution in [-0.2, 0) is 16.4 Å². The first kappa shape index (κ1) is 17.9. The van der Waals surface area contributed by atoms with Gasteiger partial charge in [0.15, 0.2) is 0 Å². The molecule has 1 aromatic carbocycles. The topological polar surface area (TPSA) is 66.4 Å². The molecule has 6 nitrogen and oxygen atoms in total. The molecule has 0 N–H and O–H groups in total. The van der Waals surface area contributed by atoms with Crippen LogP contribution in [0.5, 0.6) is 0 Å². The fourth-order valence-electron chi connectivity index (χ4n) is 3.25. The summed E-state index contributed by atoms with van der Waals surface area (Å²) in [5.41, 5.74) is 1.18. The lowest BCUT2D eigenvalue weighted by Gasteiger charge is -2.33. The highest BCUT2D eigenvalue weighted by Gasteiger charge is 2.31. The van der Waals surface area contributed by atoms with Gasteiger partial charge in [0.2, 0.25) is 15.2 Å². The molecular weight excluding hydrogens is 368 g/mol.